The molecule has 5 nitrogen and oxygen atoms in total. The Labute approximate surface area is 152 Å². The Morgan fingerprint density at radius 1 is 1.08 bits per heavy atom. The van der Waals surface area contributed by atoms with E-state index in [2.05, 4.69) is 5.32 Å². The molecule has 0 radical (unpaired) electrons. The van der Waals surface area contributed by atoms with E-state index in [1.54, 1.807) is 50.6 Å². The van der Waals surface area contributed by atoms with Crippen molar-refractivity contribution in [1.82, 2.24) is 0 Å². The van der Waals surface area contributed by atoms with Crippen molar-refractivity contribution in [1.29, 1.82) is 0 Å². The molecule has 25 heavy (non-hydrogen) atoms. The molecule has 2 rings (SSSR count). The van der Waals surface area contributed by atoms with Gasteiger partial charge in [0.1, 0.15) is 17.2 Å². The molecule has 134 valence electrons. The van der Waals surface area contributed by atoms with Crippen LogP contribution in [0.5, 0.6) is 17.2 Å². The van der Waals surface area contributed by atoms with Crippen LogP contribution in [0.4, 0.5) is 5.69 Å². The highest BCUT2D eigenvalue weighted by molar-refractivity contribution is 6.32. The van der Waals surface area contributed by atoms with E-state index in [0.29, 0.717) is 28.0 Å². The summed E-state index contributed by atoms with van der Waals surface area (Å²) < 4.78 is 16.1. The number of hydrogen-bond acceptors (Lipinski definition) is 4. The fraction of sp³-hybridized carbons (Fsp3) is 0.316. The zero-order valence-electron chi connectivity index (χ0n) is 14.8. The van der Waals surface area contributed by atoms with Crippen LogP contribution in [-0.2, 0) is 11.2 Å². The average Bonchev–Trinajstić information content (AvgIpc) is 2.56. The molecule has 0 aliphatic heterocycles. The van der Waals surface area contributed by atoms with E-state index >= 15 is 0 Å². The summed E-state index contributed by atoms with van der Waals surface area (Å²) in [5.41, 5.74) is 1.35. The molecule has 2 aromatic rings. The van der Waals surface area contributed by atoms with Crippen molar-refractivity contribution in [3.63, 3.8) is 0 Å². The smallest absolute Gasteiger partial charge is 0.228 e. The molecule has 6 heteroatoms. The fourth-order valence-electron chi connectivity index (χ4n) is 2.33. The van der Waals surface area contributed by atoms with Gasteiger partial charge in [0, 0.05) is 11.3 Å². The summed E-state index contributed by atoms with van der Waals surface area (Å²) in [4.78, 5) is 12.3. The van der Waals surface area contributed by atoms with Crippen molar-refractivity contribution >= 4 is 23.2 Å². The quantitative estimate of drug-likeness (QED) is 0.795. The van der Waals surface area contributed by atoms with Crippen LogP contribution in [0, 0.1) is 0 Å². The normalized spacial score (nSPS) is 10.5. The van der Waals surface area contributed by atoms with Gasteiger partial charge in [0.05, 0.1) is 31.8 Å². The van der Waals surface area contributed by atoms with Crippen LogP contribution in [0.25, 0.3) is 0 Å². The number of methoxy groups -OCH3 is 2. The third-order valence-electron chi connectivity index (χ3n) is 3.42. The summed E-state index contributed by atoms with van der Waals surface area (Å²) >= 11 is 6.19. The average molecular weight is 364 g/mol. The lowest BCUT2D eigenvalue weighted by molar-refractivity contribution is -0.115. The predicted molar refractivity (Wildman–Crippen MR) is 99.1 cm³/mol. The number of nitrogens with one attached hydrogen (secondary N) is 1. The number of carbonyl (C=O) groups is 1. The number of rotatable bonds is 7. The number of hydrogen-bond donors (Lipinski definition) is 1. The predicted octanol–water partition coefficient (Wildman–Crippen LogP) is 4.33. The first-order valence-corrected chi connectivity index (χ1v) is 8.27. The van der Waals surface area contributed by atoms with Crippen molar-refractivity contribution in [3.05, 3.63) is 47.0 Å². The maximum atomic E-state index is 12.3. The lowest BCUT2D eigenvalue weighted by Gasteiger charge is -2.13. The molecule has 0 saturated heterocycles. The number of amides is 1. The van der Waals surface area contributed by atoms with Crippen molar-refractivity contribution in [2.45, 2.75) is 26.4 Å². The van der Waals surface area contributed by atoms with Gasteiger partial charge in [-0.15, -0.1) is 0 Å². The van der Waals surface area contributed by atoms with Gasteiger partial charge in [-0.3, -0.25) is 4.79 Å². The Kier molecular flexibility index (Phi) is 6.53. The molecule has 0 aliphatic rings. The maximum Gasteiger partial charge on any atom is 0.228 e. The topological polar surface area (TPSA) is 56.8 Å². The number of ether oxygens (including phenoxy) is 3. The van der Waals surface area contributed by atoms with Crippen molar-refractivity contribution in [2.24, 2.45) is 0 Å². The van der Waals surface area contributed by atoms with Gasteiger partial charge in [0.25, 0.3) is 0 Å². The van der Waals surface area contributed by atoms with Crippen LogP contribution in [0.1, 0.15) is 19.4 Å². The highest BCUT2D eigenvalue weighted by Crippen LogP contribution is 2.29. The molecule has 1 N–H and O–H groups in total. The first kappa shape index (κ1) is 18.9. The molecule has 0 atom stereocenters. The van der Waals surface area contributed by atoms with Gasteiger partial charge in [-0.1, -0.05) is 11.6 Å². The molecule has 0 aromatic heterocycles. The fourth-order valence-corrected chi connectivity index (χ4v) is 2.55. The molecular formula is C19H22ClNO4. The van der Waals surface area contributed by atoms with Crippen LogP contribution < -0.4 is 19.5 Å². The van der Waals surface area contributed by atoms with E-state index in [0.717, 1.165) is 5.56 Å². The first-order chi connectivity index (χ1) is 11.9. The number of halogens is 1. The molecule has 1 amide bonds. The van der Waals surface area contributed by atoms with Crippen molar-refractivity contribution < 1.29 is 19.0 Å². The highest BCUT2D eigenvalue weighted by Gasteiger charge is 2.12. The van der Waals surface area contributed by atoms with E-state index in [-0.39, 0.29) is 18.4 Å². The second-order valence-corrected chi connectivity index (χ2v) is 6.12. The van der Waals surface area contributed by atoms with Crippen LogP contribution >= 0.6 is 11.6 Å². The van der Waals surface area contributed by atoms with Gasteiger partial charge < -0.3 is 19.5 Å². The van der Waals surface area contributed by atoms with E-state index in [9.17, 15) is 4.79 Å². The van der Waals surface area contributed by atoms with E-state index in [4.69, 9.17) is 25.8 Å². The summed E-state index contributed by atoms with van der Waals surface area (Å²) in [5, 5.41) is 3.27. The summed E-state index contributed by atoms with van der Waals surface area (Å²) in [7, 11) is 3.14. The lowest BCUT2D eigenvalue weighted by atomic mass is 10.1. The van der Waals surface area contributed by atoms with Gasteiger partial charge in [-0.25, -0.2) is 0 Å². The molecular weight excluding hydrogens is 342 g/mol. The Morgan fingerprint density at radius 2 is 1.80 bits per heavy atom. The monoisotopic (exact) mass is 363 g/mol. The second-order valence-electron chi connectivity index (χ2n) is 5.71. The standard InChI is InChI=1S/C19H22ClNO4/c1-12(2)25-18-7-5-14(11-16(18)20)21-19(22)10-13-9-15(23-3)6-8-17(13)24-4/h5-9,11-12H,10H2,1-4H3,(H,21,22). The third kappa shape index (κ3) is 5.29. The zero-order valence-corrected chi connectivity index (χ0v) is 15.5. The van der Waals surface area contributed by atoms with Gasteiger partial charge >= 0.3 is 0 Å². The van der Waals surface area contributed by atoms with Crippen molar-refractivity contribution in [2.75, 3.05) is 19.5 Å². The zero-order chi connectivity index (χ0) is 18.4. The van der Waals surface area contributed by atoms with Gasteiger partial charge in [0.2, 0.25) is 5.91 Å². The van der Waals surface area contributed by atoms with Crippen LogP contribution in [0.3, 0.4) is 0 Å². The van der Waals surface area contributed by atoms with E-state index in [1.807, 2.05) is 13.8 Å². The van der Waals surface area contributed by atoms with E-state index < -0.39 is 0 Å². The van der Waals surface area contributed by atoms with Crippen LogP contribution in [0.15, 0.2) is 36.4 Å². The Morgan fingerprint density at radius 3 is 2.40 bits per heavy atom. The second kappa shape index (κ2) is 8.62. The minimum absolute atomic E-state index is 0.0264. The number of carbonyl (C=O) groups excluding carboxylic acids is 1. The highest BCUT2D eigenvalue weighted by atomic mass is 35.5. The maximum absolute atomic E-state index is 12.3. The molecule has 2 aromatic carbocycles. The minimum atomic E-state index is -0.180. The van der Waals surface area contributed by atoms with Gasteiger partial charge in [-0.2, -0.15) is 0 Å². The largest absolute Gasteiger partial charge is 0.497 e. The molecule has 0 aliphatic carbocycles. The Bertz CT molecular complexity index is 746. The number of anilines is 1. The van der Waals surface area contributed by atoms with Crippen LogP contribution in [0.2, 0.25) is 5.02 Å². The first-order valence-electron chi connectivity index (χ1n) is 7.90. The molecule has 0 spiro atoms. The Balaban J connectivity index is 2.09. The van der Waals surface area contributed by atoms with E-state index in [1.165, 1.54) is 0 Å². The molecule has 0 saturated carbocycles. The van der Waals surface area contributed by atoms with Crippen molar-refractivity contribution in [3.8, 4) is 17.2 Å². The SMILES string of the molecule is COc1ccc(OC)c(CC(=O)Nc2ccc(OC(C)C)c(Cl)c2)c1. The summed E-state index contributed by atoms with van der Waals surface area (Å²) in [5.74, 6) is 1.71. The Hall–Kier alpha value is -2.40. The summed E-state index contributed by atoms with van der Waals surface area (Å²) in [6, 6.07) is 10.5. The summed E-state index contributed by atoms with van der Waals surface area (Å²) in [6.45, 7) is 3.85. The number of benzene rings is 2. The molecule has 0 heterocycles. The van der Waals surface area contributed by atoms with Gasteiger partial charge in [-0.05, 0) is 50.2 Å². The molecule has 0 bridgehead atoms. The third-order valence-corrected chi connectivity index (χ3v) is 3.71. The molecule has 0 unspecified atom stereocenters. The molecule has 0 fully saturated rings. The van der Waals surface area contributed by atoms with Gasteiger partial charge in [0.15, 0.2) is 0 Å². The summed E-state index contributed by atoms with van der Waals surface area (Å²) in [6.07, 6.45) is 0.181. The minimum Gasteiger partial charge on any atom is -0.497 e. The lowest BCUT2D eigenvalue weighted by Crippen LogP contribution is -2.15. The van der Waals surface area contributed by atoms with Crippen LogP contribution in [-0.4, -0.2) is 26.2 Å².